The molecule has 0 spiro atoms. The lowest BCUT2D eigenvalue weighted by atomic mass is 10.1. The number of halogens is 1. The first-order valence-corrected chi connectivity index (χ1v) is 8.15. The summed E-state index contributed by atoms with van der Waals surface area (Å²) in [7, 11) is 0. The van der Waals surface area contributed by atoms with Crippen molar-refractivity contribution in [3.8, 4) is 0 Å². The fraction of sp³-hybridized carbons (Fsp3) is 0.353. The maximum Gasteiger partial charge on any atom is 0.229 e. The van der Waals surface area contributed by atoms with Crippen molar-refractivity contribution >= 4 is 34.8 Å². The molecule has 1 aromatic carbocycles. The highest BCUT2D eigenvalue weighted by molar-refractivity contribution is 6.34. The Hall–Kier alpha value is -2.34. The van der Waals surface area contributed by atoms with Gasteiger partial charge < -0.3 is 14.7 Å². The summed E-state index contributed by atoms with van der Waals surface area (Å²) in [5, 5.41) is 7.09. The molecular formula is C17H18ClN3O3. The Labute approximate surface area is 144 Å². The van der Waals surface area contributed by atoms with Crippen molar-refractivity contribution in [1.29, 1.82) is 0 Å². The Morgan fingerprint density at radius 3 is 2.79 bits per heavy atom. The topological polar surface area (TPSA) is 75.4 Å². The number of carbonyl (C=O) groups is 2. The van der Waals surface area contributed by atoms with Crippen molar-refractivity contribution in [1.82, 2.24) is 5.16 Å². The Kier molecular flexibility index (Phi) is 4.57. The highest BCUT2D eigenvalue weighted by atomic mass is 35.5. The number of benzene rings is 1. The van der Waals surface area contributed by atoms with E-state index in [0.717, 1.165) is 12.0 Å². The molecular weight excluding hydrogens is 330 g/mol. The van der Waals surface area contributed by atoms with Gasteiger partial charge in [0.05, 0.1) is 22.8 Å². The first kappa shape index (κ1) is 16.5. The van der Waals surface area contributed by atoms with Gasteiger partial charge in [0.1, 0.15) is 5.76 Å². The molecule has 7 heteroatoms. The van der Waals surface area contributed by atoms with Crippen LogP contribution in [0.3, 0.4) is 0 Å². The molecule has 1 fully saturated rings. The van der Waals surface area contributed by atoms with Gasteiger partial charge >= 0.3 is 0 Å². The maximum absolute atomic E-state index is 12.2. The highest BCUT2D eigenvalue weighted by Gasteiger charge is 2.23. The first-order chi connectivity index (χ1) is 11.5. The van der Waals surface area contributed by atoms with Crippen molar-refractivity contribution in [3.05, 3.63) is 40.2 Å². The molecule has 0 bridgehead atoms. The molecule has 3 rings (SSSR count). The minimum absolute atomic E-state index is 0.0760. The van der Waals surface area contributed by atoms with Gasteiger partial charge in [-0.3, -0.25) is 9.59 Å². The van der Waals surface area contributed by atoms with Gasteiger partial charge in [0.15, 0.2) is 0 Å². The molecule has 0 aliphatic carbocycles. The Morgan fingerprint density at radius 1 is 1.42 bits per heavy atom. The number of amides is 2. The van der Waals surface area contributed by atoms with E-state index in [9.17, 15) is 9.59 Å². The third-order valence-electron chi connectivity index (χ3n) is 4.11. The third-order valence-corrected chi connectivity index (χ3v) is 4.42. The van der Waals surface area contributed by atoms with Crippen molar-refractivity contribution < 1.29 is 14.1 Å². The number of aromatic nitrogens is 1. The van der Waals surface area contributed by atoms with E-state index in [2.05, 4.69) is 10.5 Å². The second-order valence-electron chi connectivity index (χ2n) is 5.84. The molecule has 2 amide bonds. The lowest BCUT2D eigenvalue weighted by Gasteiger charge is -2.18. The fourth-order valence-corrected chi connectivity index (χ4v) is 3.11. The van der Waals surface area contributed by atoms with E-state index < -0.39 is 0 Å². The number of hydrogen-bond acceptors (Lipinski definition) is 4. The number of aryl methyl sites for hydroxylation is 2. The predicted octanol–water partition coefficient (Wildman–Crippen LogP) is 3.25. The van der Waals surface area contributed by atoms with Crippen LogP contribution in [-0.4, -0.2) is 23.5 Å². The summed E-state index contributed by atoms with van der Waals surface area (Å²) in [6.07, 6.45) is 1.57. The van der Waals surface area contributed by atoms with E-state index in [4.69, 9.17) is 16.1 Å². The molecule has 1 saturated heterocycles. The van der Waals surface area contributed by atoms with Gasteiger partial charge in [-0.25, -0.2) is 0 Å². The van der Waals surface area contributed by atoms with Crippen LogP contribution in [0.15, 0.2) is 22.7 Å². The summed E-state index contributed by atoms with van der Waals surface area (Å²) in [5.74, 6) is 0.543. The number of nitrogens with one attached hydrogen (secondary N) is 1. The van der Waals surface area contributed by atoms with Crippen LogP contribution in [0.25, 0.3) is 0 Å². The number of rotatable bonds is 4. The van der Waals surface area contributed by atoms with Gasteiger partial charge in [-0.1, -0.05) is 16.8 Å². The average Bonchev–Trinajstić information content (AvgIpc) is 3.08. The zero-order valence-electron chi connectivity index (χ0n) is 13.6. The zero-order chi connectivity index (χ0) is 17.3. The second-order valence-corrected chi connectivity index (χ2v) is 6.25. The van der Waals surface area contributed by atoms with E-state index in [1.807, 2.05) is 0 Å². The van der Waals surface area contributed by atoms with Gasteiger partial charge in [-0.15, -0.1) is 0 Å². The Morgan fingerprint density at radius 2 is 2.21 bits per heavy atom. The summed E-state index contributed by atoms with van der Waals surface area (Å²) >= 11 is 6.28. The lowest BCUT2D eigenvalue weighted by Crippen LogP contribution is -2.24. The summed E-state index contributed by atoms with van der Waals surface area (Å²) in [5.41, 5.74) is 2.77. The van der Waals surface area contributed by atoms with Crippen LogP contribution in [0.1, 0.15) is 29.9 Å². The molecule has 0 unspecified atom stereocenters. The molecule has 1 N–H and O–H groups in total. The maximum atomic E-state index is 12.2. The number of hydrogen-bond donors (Lipinski definition) is 1. The normalized spacial score (nSPS) is 14.3. The molecule has 0 atom stereocenters. The zero-order valence-corrected chi connectivity index (χ0v) is 14.3. The molecule has 0 saturated carbocycles. The molecule has 0 radical (unpaired) electrons. The van der Waals surface area contributed by atoms with Gasteiger partial charge in [0.25, 0.3) is 0 Å². The van der Waals surface area contributed by atoms with E-state index in [0.29, 0.717) is 40.8 Å². The minimum Gasteiger partial charge on any atom is -0.361 e. The minimum atomic E-state index is -0.175. The Bertz CT molecular complexity index is 781. The van der Waals surface area contributed by atoms with Crippen LogP contribution in [-0.2, 0) is 16.0 Å². The van der Waals surface area contributed by atoms with Crippen molar-refractivity contribution in [2.45, 2.75) is 33.1 Å². The summed E-state index contributed by atoms with van der Waals surface area (Å²) in [4.78, 5) is 25.7. The Balaban J connectivity index is 1.70. The number of carbonyl (C=O) groups excluding carboxylic acids is 2. The number of nitrogens with zero attached hydrogens (tertiary/aromatic N) is 2. The second kappa shape index (κ2) is 6.65. The van der Waals surface area contributed by atoms with Crippen molar-refractivity contribution in [2.24, 2.45) is 0 Å². The third kappa shape index (κ3) is 3.28. The molecule has 1 aliphatic rings. The van der Waals surface area contributed by atoms with Gasteiger partial charge in [-0.05, 0) is 38.5 Å². The quantitative estimate of drug-likeness (QED) is 0.921. The van der Waals surface area contributed by atoms with Crippen LogP contribution >= 0.6 is 11.6 Å². The van der Waals surface area contributed by atoms with Crippen molar-refractivity contribution in [3.63, 3.8) is 0 Å². The molecule has 24 heavy (non-hydrogen) atoms. The van der Waals surface area contributed by atoms with Crippen LogP contribution < -0.4 is 10.2 Å². The summed E-state index contributed by atoms with van der Waals surface area (Å²) in [6, 6.07) is 5.17. The molecule has 1 aliphatic heterocycles. The van der Waals surface area contributed by atoms with Crippen LogP contribution in [0.2, 0.25) is 5.02 Å². The average molecular weight is 348 g/mol. The van der Waals surface area contributed by atoms with Gasteiger partial charge in [0, 0.05) is 24.2 Å². The molecule has 2 heterocycles. The van der Waals surface area contributed by atoms with Crippen LogP contribution in [0.4, 0.5) is 11.4 Å². The monoisotopic (exact) mass is 347 g/mol. The standard InChI is InChI=1S/C17H18ClN3O3/c1-10-13(11(2)24-20-10)9-16(22)19-12-5-6-15(14(18)8-12)21-7-3-4-17(21)23/h5-6,8H,3-4,7,9H2,1-2H3,(H,19,22). The summed E-state index contributed by atoms with van der Waals surface area (Å²) in [6.45, 7) is 4.26. The van der Waals surface area contributed by atoms with E-state index in [1.54, 1.807) is 36.9 Å². The van der Waals surface area contributed by atoms with E-state index in [1.165, 1.54) is 0 Å². The van der Waals surface area contributed by atoms with Crippen LogP contribution in [0.5, 0.6) is 0 Å². The lowest BCUT2D eigenvalue weighted by molar-refractivity contribution is -0.117. The molecule has 126 valence electrons. The van der Waals surface area contributed by atoms with E-state index >= 15 is 0 Å². The molecule has 6 nitrogen and oxygen atoms in total. The molecule has 1 aromatic heterocycles. The fourth-order valence-electron chi connectivity index (χ4n) is 2.83. The van der Waals surface area contributed by atoms with Gasteiger partial charge in [-0.2, -0.15) is 0 Å². The molecule has 2 aromatic rings. The SMILES string of the molecule is Cc1noc(C)c1CC(=O)Nc1ccc(N2CCCC2=O)c(Cl)c1. The van der Waals surface area contributed by atoms with Gasteiger partial charge in [0.2, 0.25) is 11.8 Å². The number of anilines is 2. The summed E-state index contributed by atoms with van der Waals surface area (Å²) < 4.78 is 5.06. The van der Waals surface area contributed by atoms with Crippen molar-refractivity contribution in [2.75, 3.05) is 16.8 Å². The van der Waals surface area contributed by atoms with E-state index in [-0.39, 0.29) is 18.2 Å². The largest absolute Gasteiger partial charge is 0.361 e. The predicted molar refractivity (Wildman–Crippen MR) is 91.3 cm³/mol. The van der Waals surface area contributed by atoms with Crippen LogP contribution in [0, 0.1) is 13.8 Å². The first-order valence-electron chi connectivity index (χ1n) is 7.77. The highest BCUT2D eigenvalue weighted by Crippen LogP contribution is 2.31. The smallest absolute Gasteiger partial charge is 0.229 e.